The van der Waals surface area contributed by atoms with Crippen molar-refractivity contribution in [1.29, 1.82) is 0 Å². The van der Waals surface area contributed by atoms with Crippen molar-refractivity contribution in [2.75, 3.05) is 25.1 Å². The highest BCUT2D eigenvalue weighted by atomic mass is 16.3. The van der Waals surface area contributed by atoms with Crippen molar-refractivity contribution in [2.45, 2.75) is 6.54 Å². The van der Waals surface area contributed by atoms with Crippen LogP contribution in [0.15, 0.2) is 84.0 Å². The Kier molecular flexibility index (Phi) is 7.36. The fourth-order valence-electron chi connectivity index (χ4n) is 3.26. The van der Waals surface area contributed by atoms with Crippen LogP contribution in [-0.4, -0.2) is 57.6 Å². The van der Waals surface area contributed by atoms with Gasteiger partial charge in [-0.1, -0.05) is 54.6 Å². The zero-order valence-electron chi connectivity index (χ0n) is 18.7. The minimum atomic E-state index is -0.299. The molecule has 4 aromatic rings. The van der Waals surface area contributed by atoms with Crippen LogP contribution in [0.4, 0.5) is 5.69 Å². The van der Waals surface area contributed by atoms with Crippen molar-refractivity contribution < 1.29 is 9.90 Å². The molecule has 1 aromatic heterocycles. The van der Waals surface area contributed by atoms with Crippen molar-refractivity contribution in [1.82, 2.24) is 25.6 Å². The number of tetrazole rings is 1. The number of hydrogen-bond acceptors (Lipinski definition) is 7. The van der Waals surface area contributed by atoms with Crippen LogP contribution in [0.2, 0.25) is 0 Å². The standard InChI is InChI=1S/C25H25N7O2/c1-31(15-16-33)23-13-9-19(10-14-23)17-26-28-25(34)22-11-7-20(8-12-22)18-32-29-24(27-30-32)21-5-3-2-4-6-21/h2-14,17,33H,15-16,18H2,1H3,(H,28,34)/b26-17+. The second-order valence-electron chi connectivity index (χ2n) is 7.64. The molecule has 0 aliphatic heterocycles. The van der Waals surface area contributed by atoms with E-state index in [1.54, 1.807) is 18.3 Å². The number of aliphatic hydroxyl groups is 1. The number of nitrogens with one attached hydrogen (secondary N) is 1. The number of amides is 1. The molecule has 9 nitrogen and oxygen atoms in total. The Balaban J connectivity index is 1.30. The van der Waals surface area contributed by atoms with E-state index in [0.29, 0.717) is 24.5 Å². The number of aliphatic hydroxyl groups excluding tert-OH is 1. The molecule has 2 N–H and O–H groups in total. The number of carbonyl (C=O) groups excluding carboxylic acids is 1. The molecular formula is C25H25N7O2. The molecule has 3 aromatic carbocycles. The fourth-order valence-corrected chi connectivity index (χ4v) is 3.26. The average molecular weight is 456 g/mol. The Bertz CT molecular complexity index is 1240. The van der Waals surface area contributed by atoms with Gasteiger partial charge in [-0.3, -0.25) is 4.79 Å². The van der Waals surface area contributed by atoms with E-state index in [9.17, 15) is 4.79 Å². The summed E-state index contributed by atoms with van der Waals surface area (Å²) in [4.78, 5) is 15.9. The molecule has 0 atom stereocenters. The Morgan fingerprint density at radius 2 is 1.79 bits per heavy atom. The Morgan fingerprint density at radius 1 is 1.06 bits per heavy atom. The van der Waals surface area contributed by atoms with Gasteiger partial charge < -0.3 is 10.0 Å². The third kappa shape index (κ3) is 5.90. The van der Waals surface area contributed by atoms with Gasteiger partial charge in [0.2, 0.25) is 5.82 Å². The van der Waals surface area contributed by atoms with Gasteiger partial charge in [0, 0.05) is 30.4 Å². The largest absolute Gasteiger partial charge is 0.395 e. The average Bonchev–Trinajstić information content (AvgIpc) is 3.34. The minimum absolute atomic E-state index is 0.0965. The summed E-state index contributed by atoms with van der Waals surface area (Å²) in [5.41, 5.74) is 6.74. The zero-order chi connectivity index (χ0) is 23.8. The Morgan fingerprint density at radius 3 is 2.50 bits per heavy atom. The molecule has 0 bridgehead atoms. The third-order valence-electron chi connectivity index (χ3n) is 5.17. The lowest BCUT2D eigenvalue weighted by Crippen LogP contribution is -2.20. The number of carbonyl (C=O) groups is 1. The van der Waals surface area contributed by atoms with Crippen molar-refractivity contribution >= 4 is 17.8 Å². The predicted molar refractivity (Wildman–Crippen MR) is 131 cm³/mol. The van der Waals surface area contributed by atoms with E-state index in [0.717, 1.165) is 22.4 Å². The fraction of sp³-hybridized carbons (Fsp3) is 0.160. The van der Waals surface area contributed by atoms with Crippen LogP contribution < -0.4 is 10.3 Å². The molecule has 0 aliphatic rings. The monoisotopic (exact) mass is 455 g/mol. The molecule has 0 saturated heterocycles. The Hall–Kier alpha value is -4.37. The van der Waals surface area contributed by atoms with E-state index in [4.69, 9.17) is 5.11 Å². The molecular weight excluding hydrogens is 430 g/mol. The van der Waals surface area contributed by atoms with Gasteiger partial charge in [-0.2, -0.15) is 9.90 Å². The molecule has 0 fully saturated rings. The number of hydrazone groups is 1. The molecule has 0 spiro atoms. The van der Waals surface area contributed by atoms with Crippen LogP contribution in [-0.2, 0) is 6.54 Å². The molecule has 0 saturated carbocycles. The summed E-state index contributed by atoms with van der Waals surface area (Å²) in [5.74, 6) is 0.272. The maximum atomic E-state index is 12.4. The first-order valence-corrected chi connectivity index (χ1v) is 10.8. The van der Waals surface area contributed by atoms with Gasteiger partial charge in [0.15, 0.2) is 0 Å². The first kappa shape index (κ1) is 22.8. The molecule has 1 amide bonds. The van der Waals surface area contributed by atoms with Gasteiger partial charge in [0.05, 0.1) is 19.4 Å². The second kappa shape index (κ2) is 11.0. The number of aromatic nitrogens is 4. The van der Waals surface area contributed by atoms with Gasteiger partial charge >= 0.3 is 0 Å². The first-order valence-electron chi connectivity index (χ1n) is 10.8. The Labute approximate surface area is 197 Å². The SMILES string of the molecule is CN(CCO)c1ccc(/C=N/NC(=O)c2ccc(Cn3nnc(-c4ccccc4)n3)cc2)cc1. The molecule has 0 radical (unpaired) electrons. The topological polar surface area (TPSA) is 109 Å². The van der Waals surface area contributed by atoms with Crippen LogP contribution in [0.1, 0.15) is 21.5 Å². The third-order valence-corrected chi connectivity index (χ3v) is 5.17. The highest BCUT2D eigenvalue weighted by molar-refractivity contribution is 5.94. The number of anilines is 1. The summed E-state index contributed by atoms with van der Waals surface area (Å²) in [6.07, 6.45) is 1.59. The quantitative estimate of drug-likeness (QED) is 0.297. The number of benzene rings is 3. The highest BCUT2D eigenvalue weighted by Crippen LogP contribution is 2.14. The van der Waals surface area contributed by atoms with Crippen molar-refractivity contribution in [3.8, 4) is 11.4 Å². The first-order chi connectivity index (χ1) is 16.6. The summed E-state index contributed by atoms with van der Waals surface area (Å²) in [6, 6.07) is 24.5. The van der Waals surface area contributed by atoms with Crippen LogP contribution in [0.5, 0.6) is 0 Å². The van der Waals surface area contributed by atoms with Gasteiger partial charge in [0.25, 0.3) is 5.91 Å². The highest BCUT2D eigenvalue weighted by Gasteiger charge is 2.08. The van der Waals surface area contributed by atoms with E-state index in [-0.39, 0.29) is 12.5 Å². The lowest BCUT2D eigenvalue weighted by atomic mass is 10.1. The van der Waals surface area contributed by atoms with E-state index in [2.05, 4.69) is 25.9 Å². The smallest absolute Gasteiger partial charge is 0.271 e. The van der Waals surface area contributed by atoms with Gasteiger partial charge in [0.1, 0.15) is 0 Å². The lowest BCUT2D eigenvalue weighted by molar-refractivity contribution is 0.0955. The normalized spacial score (nSPS) is 11.0. The van der Waals surface area contributed by atoms with E-state index in [1.165, 1.54) is 4.80 Å². The van der Waals surface area contributed by atoms with E-state index >= 15 is 0 Å². The summed E-state index contributed by atoms with van der Waals surface area (Å²) < 4.78 is 0. The summed E-state index contributed by atoms with van der Waals surface area (Å²) >= 11 is 0. The molecule has 1 heterocycles. The molecule has 9 heteroatoms. The molecule has 4 rings (SSSR count). The maximum absolute atomic E-state index is 12.4. The van der Waals surface area contributed by atoms with Crippen molar-refractivity contribution in [3.63, 3.8) is 0 Å². The summed E-state index contributed by atoms with van der Waals surface area (Å²) in [5, 5.41) is 25.7. The molecule has 0 aliphatic carbocycles. The molecule has 172 valence electrons. The van der Waals surface area contributed by atoms with Gasteiger partial charge in [-0.25, -0.2) is 5.43 Å². The molecule has 34 heavy (non-hydrogen) atoms. The van der Waals surface area contributed by atoms with E-state index in [1.807, 2.05) is 78.7 Å². The molecule has 0 unspecified atom stereocenters. The van der Waals surface area contributed by atoms with Crippen LogP contribution in [0.25, 0.3) is 11.4 Å². The summed E-state index contributed by atoms with van der Waals surface area (Å²) in [7, 11) is 1.91. The summed E-state index contributed by atoms with van der Waals surface area (Å²) in [6.45, 7) is 1.11. The van der Waals surface area contributed by atoms with Crippen LogP contribution >= 0.6 is 0 Å². The lowest BCUT2D eigenvalue weighted by Gasteiger charge is -2.17. The minimum Gasteiger partial charge on any atom is -0.395 e. The van der Waals surface area contributed by atoms with Gasteiger partial charge in [-0.05, 0) is 40.6 Å². The second-order valence-corrected chi connectivity index (χ2v) is 7.64. The van der Waals surface area contributed by atoms with E-state index < -0.39 is 0 Å². The van der Waals surface area contributed by atoms with Crippen LogP contribution in [0.3, 0.4) is 0 Å². The number of nitrogens with zero attached hydrogens (tertiary/aromatic N) is 6. The van der Waals surface area contributed by atoms with Crippen molar-refractivity contribution in [3.05, 3.63) is 95.6 Å². The number of hydrogen-bond donors (Lipinski definition) is 2. The van der Waals surface area contributed by atoms with Gasteiger partial charge in [-0.15, -0.1) is 10.2 Å². The van der Waals surface area contributed by atoms with Crippen molar-refractivity contribution in [2.24, 2.45) is 5.10 Å². The predicted octanol–water partition coefficient (Wildman–Crippen LogP) is 2.58. The number of likely N-dealkylation sites (N-methyl/N-ethyl adjacent to an activating group) is 1. The van der Waals surface area contributed by atoms with Crippen LogP contribution in [0, 0.1) is 0 Å². The number of rotatable bonds is 9. The maximum Gasteiger partial charge on any atom is 0.271 e. The zero-order valence-corrected chi connectivity index (χ0v) is 18.7.